The van der Waals surface area contributed by atoms with Gasteiger partial charge in [-0.2, -0.15) is 0 Å². The topological polar surface area (TPSA) is 39.0 Å². The lowest BCUT2D eigenvalue weighted by Crippen LogP contribution is -2.39. The third-order valence-electron chi connectivity index (χ3n) is 5.05. The number of hydrogen-bond donors (Lipinski definition) is 0. The monoisotopic (exact) mass is 463 g/mol. The second kappa shape index (κ2) is 9.98. The van der Waals surface area contributed by atoms with Crippen molar-refractivity contribution >= 4 is 40.2 Å². The molecule has 4 rings (SSSR count). The van der Waals surface area contributed by atoms with Crippen LogP contribution in [0.3, 0.4) is 0 Å². The zero-order valence-electron chi connectivity index (χ0n) is 16.7. The number of rotatable bonds is 6. The Kier molecular flexibility index (Phi) is 7.12. The maximum atomic E-state index is 6.28. The SMILES string of the molecule is COc1ccc(N=c2scc(-c3ccc(Cl)c(Cl)c3)n2CCN2CCOCC2)cc1. The second-order valence-electron chi connectivity index (χ2n) is 6.95. The van der Waals surface area contributed by atoms with Gasteiger partial charge in [0.2, 0.25) is 0 Å². The molecule has 0 N–H and O–H groups in total. The molecule has 1 aromatic heterocycles. The summed E-state index contributed by atoms with van der Waals surface area (Å²) in [6.45, 7) is 5.25. The number of methoxy groups -OCH3 is 1. The van der Waals surface area contributed by atoms with E-state index in [1.807, 2.05) is 42.5 Å². The fourth-order valence-electron chi connectivity index (χ4n) is 3.35. The molecule has 0 bridgehead atoms. The van der Waals surface area contributed by atoms with Crippen molar-refractivity contribution in [2.75, 3.05) is 40.0 Å². The van der Waals surface area contributed by atoms with Crippen molar-refractivity contribution < 1.29 is 9.47 Å². The van der Waals surface area contributed by atoms with Crippen LogP contribution in [0.1, 0.15) is 0 Å². The molecule has 1 aliphatic rings. The Morgan fingerprint density at radius 1 is 1.03 bits per heavy atom. The fourth-order valence-corrected chi connectivity index (χ4v) is 4.61. The predicted molar refractivity (Wildman–Crippen MR) is 123 cm³/mol. The Labute approximate surface area is 190 Å². The largest absolute Gasteiger partial charge is 0.497 e. The molecule has 30 heavy (non-hydrogen) atoms. The van der Waals surface area contributed by atoms with Crippen LogP contribution < -0.4 is 9.54 Å². The normalized spacial score (nSPS) is 15.5. The Morgan fingerprint density at radius 3 is 2.50 bits per heavy atom. The molecule has 0 spiro atoms. The summed E-state index contributed by atoms with van der Waals surface area (Å²) < 4.78 is 13.0. The minimum atomic E-state index is 0.550. The molecular formula is C22H23Cl2N3O2S. The third-order valence-corrected chi connectivity index (χ3v) is 6.66. The van der Waals surface area contributed by atoms with Crippen molar-refractivity contribution in [2.24, 2.45) is 4.99 Å². The van der Waals surface area contributed by atoms with Crippen LogP contribution in [0.2, 0.25) is 10.0 Å². The molecule has 2 heterocycles. The number of halogens is 2. The van der Waals surface area contributed by atoms with Gasteiger partial charge in [0.1, 0.15) is 5.75 Å². The highest BCUT2D eigenvalue weighted by atomic mass is 35.5. The first kappa shape index (κ1) is 21.4. The average molecular weight is 464 g/mol. The summed E-state index contributed by atoms with van der Waals surface area (Å²) in [5.74, 6) is 0.816. The van der Waals surface area contributed by atoms with Crippen molar-refractivity contribution in [3.63, 3.8) is 0 Å². The van der Waals surface area contributed by atoms with Gasteiger partial charge in [0.05, 0.1) is 41.8 Å². The summed E-state index contributed by atoms with van der Waals surface area (Å²) in [4.78, 5) is 8.25. The lowest BCUT2D eigenvalue weighted by molar-refractivity contribution is 0.0363. The predicted octanol–water partition coefficient (Wildman–Crippen LogP) is 5.10. The first-order valence-electron chi connectivity index (χ1n) is 9.76. The van der Waals surface area contributed by atoms with Gasteiger partial charge >= 0.3 is 0 Å². The van der Waals surface area contributed by atoms with E-state index < -0.39 is 0 Å². The molecule has 1 saturated heterocycles. The highest BCUT2D eigenvalue weighted by molar-refractivity contribution is 7.07. The van der Waals surface area contributed by atoms with Crippen molar-refractivity contribution in [3.8, 4) is 17.0 Å². The van der Waals surface area contributed by atoms with Crippen molar-refractivity contribution in [1.29, 1.82) is 0 Å². The van der Waals surface area contributed by atoms with E-state index in [9.17, 15) is 0 Å². The number of ether oxygens (including phenoxy) is 2. The number of morpholine rings is 1. The first-order valence-corrected chi connectivity index (χ1v) is 11.4. The van der Waals surface area contributed by atoms with Crippen molar-refractivity contribution in [3.05, 3.63) is 62.7 Å². The van der Waals surface area contributed by atoms with E-state index in [0.29, 0.717) is 10.0 Å². The molecule has 0 atom stereocenters. The highest BCUT2D eigenvalue weighted by Gasteiger charge is 2.14. The molecule has 0 aliphatic carbocycles. The summed E-state index contributed by atoms with van der Waals surface area (Å²) in [5.41, 5.74) is 3.00. The second-order valence-corrected chi connectivity index (χ2v) is 8.60. The van der Waals surface area contributed by atoms with Crippen LogP contribution in [0.4, 0.5) is 5.69 Å². The maximum absolute atomic E-state index is 6.28. The molecule has 0 saturated carbocycles. The molecule has 5 nitrogen and oxygen atoms in total. The molecule has 8 heteroatoms. The first-order chi connectivity index (χ1) is 14.6. The maximum Gasteiger partial charge on any atom is 0.190 e. The molecule has 3 aromatic rings. The van der Waals surface area contributed by atoms with Crippen molar-refractivity contribution in [1.82, 2.24) is 9.47 Å². The van der Waals surface area contributed by atoms with Gasteiger partial charge in [-0.15, -0.1) is 11.3 Å². The lowest BCUT2D eigenvalue weighted by Gasteiger charge is -2.26. The molecular weight excluding hydrogens is 441 g/mol. The van der Waals surface area contributed by atoms with E-state index in [2.05, 4.69) is 14.8 Å². The van der Waals surface area contributed by atoms with E-state index in [1.54, 1.807) is 18.4 Å². The van der Waals surface area contributed by atoms with Gasteiger partial charge in [-0.25, -0.2) is 4.99 Å². The molecule has 158 valence electrons. The average Bonchev–Trinajstić information content (AvgIpc) is 3.17. The number of nitrogens with zero attached hydrogens (tertiary/aromatic N) is 3. The van der Waals surface area contributed by atoms with Crippen LogP contribution in [0.15, 0.2) is 52.8 Å². The van der Waals surface area contributed by atoms with Crippen LogP contribution in [0.25, 0.3) is 11.3 Å². The van der Waals surface area contributed by atoms with E-state index in [4.69, 9.17) is 37.7 Å². The van der Waals surface area contributed by atoms with E-state index >= 15 is 0 Å². The molecule has 0 radical (unpaired) electrons. The van der Waals surface area contributed by atoms with Gasteiger partial charge in [0.25, 0.3) is 0 Å². The fraction of sp³-hybridized carbons (Fsp3) is 0.318. The zero-order chi connectivity index (χ0) is 20.9. The van der Waals surface area contributed by atoms with Gasteiger partial charge in [-0.3, -0.25) is 4.90 Å². The quantitative estimate of drug-likeness (QED) is 0.510. The minimum Gasteiger partial charge on any atom is -0.497 e. The Morgan fingerprint density at radius 2 is 1.80 bits per heavy atom. The summed E-state index contributed by atoms with van der Waals surface area (Å²) in [6, 6.07) is 13.5. The van der Waals surface area contributed by atoms with Crippen molar-refractivity contribution in [2.45, 2.75) is 6.54 Å². The molecule has 1 fully saturated rings. The Balaban J connectivity index is 1.70. The molecule has 1 aliphatic heterocycles. The summed E-state index contributed by atoms with van der Waals surface area (Å²) in [6.07, 6.45) is 0. The Bertz CT molecular complexity index is 1060. The van der Waals surface area contributed by atoms with Gasteiger partial charge in [-0.1, -0.05) is 29.3 Å². The zero-order valence-corrected chi connectivity index (χ0v) is 19.0. The number of aromatic nitrogens is 1. The number of thiazole rings is 1. The van der Waals surface area contributed by atoms with Crippen LogP contribution in [0, 0.1) is 0 Å². The van der Waals surface area contributed by atoms with E-state index in [1.165, 1.54) is 0 Å². The van der Waals surface area contributed by atoms with Gasteiger partial charge in [0, 0.05) is 37.1 Å². The summed E-state index contributed by atoms with van der Waals surface area (Å²) in [5, 5.41) is 3.23. The lowest BCUT2D eigenvalue weighted by atomic mass is 10.2. The standard InChI is InChI=1S/C22H23Cl2N3O2S/c1-28-18-5-3-17(4-6-18)25-22-27(9-8-26-10-12-29-13-11-26)21(15-30-22)16-2-7-19(23)20(24)14-16/h2-7,14-15H,8-13H2,1H3. The van der Waals surface area contributed by atoms with E-state index in [0.717, 1.165) is 66.9 Å². The van der Waals surface area contributed by atoms with Crippen LogP contribution in [-0.2, 0) is 11.3 Å². The van der Waals surface area contributed by atoms with Crippen LogP contribution in [-0.4, -0.2) is 49.4 Å². The van der Waals surface area contributed by atoms with Gasteiger partial charge in [-0.05, 0) is 36.4 Å². The van der Waals surface area contributed by atoms with E-state index in [-0.39, 0.29) is 0 Å². The van der Waals surface area contributed by atoms with Crippen LogP contribution >= 0.6 is 34.5 Å². The minimum absolute atomic E-state index is 0.550. The third kappa shape index (κ3) is 5.07. The number of hydrogen-bond acceptors (Lipinski definition) is 5. The smallest absolute Gasteiger partial charge is 0.190 e. The summed E-state index contributed by atoms with van der Waals surface area (Å²) in [7, 11) is 1.66. The Hall–Kier alpha value is -1.83. The highest BCUT2D eigenvalue weighted by Crippen LogP contribution is 2.29. The number of benzene rings is 2. The summed E-state index contributed by atoms with van der Waals surface area (Å²) >= 11 is 14.0. The van der Waals surface area contributed by atoms with Gasteiger partial charge < -0.3 is 14.0 Å². The molecule has 0 unspecified atom stereocenters. The molecule has 2 aromatic carbocycles. The van der Waals surface area contributed by atoms with Gasteiger partial charge in [0.15, 0.2) is 4.80 Å². The van der Waals surface area contributed by atoms with Crippen LogP contribution in [0.5, 0.6) is 5.75 Å². The molecule has 0 amide bonds.